The maximum atomic E-state index is 12.7. The Bertz CT molecular complexity index is 1450. The molecule has 51 heavy (non-hydrogen) atoms. The number of hydrogen-bond acceptors (Lipinski definition) is 21. The number of carbonyl (C=O) groups excluding carboxylic acids is 8. The first-order valence-electron chi connectivity index (χ1n) is 15.0. The molecule has 0 spiro atoms. The van der Waals surface area contributed by atoms with Crippen molar-refractivity contribution in [2.75, 3.05) is 58.3 Å². The van der Waals surface area contributed by atoms with Crippen LogP contribution in [0.2, 0.25) is 0 Å². The van der Waals surface area contributed by atoms with E-state index in [1.165, 1.54) is 12.1 Å². The average molecular weight is 729 g/mol. The van der Waals surface area contributed by atoms with Crippen LogP contribution in [0.1, 0.15) is 33.3 Å². The van der Waals surface area contributed by atoms with Crippen molar-refractivity contribution in [1.82, 2.24) is 5.32 Å². The van der Waals surface area contributed by atoms with E-state index in [0.717, 1.165) is 32.6 Å². The Morgan fingerprint density at radius 1 is 0.706 bits per heavy atom. The van der Waals surface area contributed by atoms with Crippen LogP contribution in [-0.2, 0) is 87.4 Å². The maximum Gasteiger partial charge on any atom is 0.347 e. The van der Waals surface area contributed by atoms with Crippen LogP contribution in [-0.4, -0.2) is 120 Å². The van der Waals surface area contributed by atoms with Crippen molar-refractivity contribution in [3.63, 3.8) is 0 Å². The lowest BCUT2D eigenvalue weighted by atomic mass is 10.1. The lowest BCUT2D eigenvalue weighted by Crippen LogP contribution is -2.39. The van der Waals surface area contributed by atoms with Crippen LogP contribution in [0.4, 0.5) is 5.69 Å². The molecule has 1 aromatic carbocycles. The Hall–Kier alpha value is -5.70. The fourth-order valence-corrected chi connectivity index (χ4v) is 4.27. The maximum absolute atomic E-state index is 12.7. The molecule has 0 radical (unpaired) electrons. The van der Waals surface area contributed by atoms with E-state index in [1.807, 2.05) is 0 Å². The molecule has 0 saturated carbocycles. The van der Waals surface area contributed by atoms with Crippen molar-refractivity contribution in [2.45, 2.75) is 52.6 Å². The molecule has 3 atom stereocenters. The van der Waals surface area contributed by atoms with Gasteiger partial charge in [-0.05, 0) is 6.07 Å². The lowest BCUT2D eigenvalue weighted by molar-refractivity contribution is -0.175. The summed E-state index contributed by atoms with van der Waals surface area (Å²) in [6.07, 6.45) is -2.41. The van der Waals surface area contributed by atoms with Crippen molar-refractivity contribution >= 4 is 53.4 Å². The van der Waals surface area contributed by atoms with Gasteiger partial charge < -0.3 is 57.0 Å². The van der Waals surface area contributed by atoms with Gasteiger partial charge in [-0.15, -0.1) is 0 Å². The Balaban J connectivity index is 1.84. The number of carbonyl (C=O) groups is 8. The summed E-state index contributed by atoms with van der Waals surface area (Å²) >= 11 is 0. The second-order valence-electron chi connectivity index (χ2n) is 10.4. The van der Waals surface area contributed by atoms with Gasteiger partial charge in [-0.3, -0.25) is 34.1 Å². The molecule has 1 fully saturated rings. The van der Waals surface area contributed by atoms with Gasteiger partial charge >= 0.3 is 47.8 Å². The third kappa shape index (κ3) is 13.6. The molecule has 0 aromatic heterocycles. The standard InChI is InChI=1S/C30H36N2O19/c1-16(33)42-12-46-26(37)9-32(10-27(38)47-13-43-17(2)34)21-7-22-20(5-23(21)41-11-28(39)48-14-44-18(3)35)6-24(50-22)29-31-8-25(51-29)30(40)49-15-45-19(4)36/h5,7,24-25,29,31H,6,8-15H2,1-4H3. The van der Waals surface area contributed by atoms with E-state index in [4.69, 9.17) is 33.2 Å². The molecular weight excluding hydrogens is 692 g/mol. The molecule has 21 heteroatoms. The summed E-state index contributed by atoms with van der Waals surface area (Å²) in [6.45, 7) is -0.240. The van der Waals surface area contributed by atoms with Crippen LogP contribution in [0, 0.1) is 0 Å². The summed E-state index contributed by atoms with van der Waals surface area (Å²) in [7, 11) is 0. The van der Waals surface area contributed by atoms with E-state index in [2.05, 4.69) is 24.3 Å². The molecule has 1 saturated heterocycles. The summed E-state index contributed by atoms with van der Waals surface area (Å²) < 4.78 is 55.6. The summed E-state index contributed by atoms with van der Waals surface area (Å²) in [5.41, 5.74) is 0.524. The predicted octanol–water partition coefficient (Wildman–Crippen LogP) is -1.25. The van der Waals surface area contributed by atoms with Crippen LogP contribution in [0.5, 0.6) is 11.5 Å². The van der Waals surface area contributed by atoms with Crippen LogP contribution in [0.25, 0.3) is 0 Å². The van der Waals surface area contributed by atoms with Crippen molar-refractivity contribution in [1.29, 1.82) is 0 Å². The first kappa shape index (κ1) is 39.7. The summed E-state index contributed by atoms with van der Waals surface area (Å²) in [4.78, 5) is 95.4. The SMILES string of the molecule is CC(=O)OCOC(=O)COc1cc2c(cc1N(CC(=O)OCOC(C)=O)CC(=O)OCOC(C)=O)OC(C1NCC(C(=O)OCOC(C)=O)O1)C2. The Labute approximate surface area is 289 Å². The second kappa shape index (κ2) is 19.5. The van der Waals surface area contributed by atoms with Crippen LogP contribution < -0.4 is 19.7 Å². The van der Waals surface area contributed by atoms with Gasteiger partial charge in [0.2, 0.25) is 27.2 Å². The number of ether oxygens (including phenoxy) is 11. The van der Waals surface area contributed by atoms with E-state index in [9.17, 15) is 38.4 Å². The largest absolute Gasteiger partial charge is 0.486 e. The van der Waals surface area contributed by atoms with Gasteiger partial charge in [0.05, 0.1) is 5.69 Å². The number of fused-ring (bicyclic) bond motifs is 1. The topological polar surface area (TPSA) is 253 Å². The zero-order valence-corrected chi connectivity index (χ0v) is 28.0. The molecule has 3 rings (SSSR count). The molecule has 1 aromatic rings. The van der Waals surface area contributed by atoms with Crippen molar-refractivity contribution in [3.05, 3.63) is 17.7 Å². The smallest absolute Gasteiger partial charge is 0.347 e. The minimum atomic E-state index is -1.04. The molecular formula is C30H36N2O19. The zero-order valence-electron chi connectivity index (χ0n) is 28.0. The number of anilines is 1. The molecule has 0 amide bonds. The van der Waals surface area contributed by atoms with E-state index in [-0.39, 0.29) is 30.2 Å². The molecule has 0 bridgehead atoms. The monoisotopic (exact) mass is 728 g/mol. The van der Waals surface area contributed by atoms with Crippen molar-refractivity contribution in [3.8, 4) is 11.5 Å². The van der Waals surface area contributed by atoms with E-state index >= 15 is 0 Å². The van der Waals surface area contributed by atoms with Gasteiger partial charge in [-0.1, -0.05) is 0 Å². The summed E-state index contributed by atoms with van der Waals surface area (Å²) in [5.74, 6) is -6.26. The molecule has 2 aliphatic heterocycles. The zero-order chi connectivity index (χ0) is 37.5. The number of hydrogen-bond donors (Lipinski definition) is 1. The minimum absolute atomic E-state index is 0.00304. The fourth-order valence-electron chi connectivity index (χ4n) is 4.27. The highest BCUT2D eigenvalue weighted by molar-refractivity contribution is 5.84. The van der Waals surface area contributed by atoms with Crippen LogP contribution in [0.15, 0.2) is 12.1 Å². The molecule has 3 unspecified atom stereocenters. The van der Waals surface area contributed by atoms with Gasteiger partial charge in [-0.2, -0.15) is 0 Å². The van der Waals surface area contributed by atoms with Crippen molar-refractivity contribution in [2.24, 2.45) is 0 Å². The number of esters is 8. The first-order valence-corrected chi connectivity index (χ1v) is 15.0. The van der Waals surface area contributed by atoms with Gasteiger partial charge in [-0.25, -0.2) is 9.59 Å². The van der Waals surface area contributed by atoms with Gasteiger partial charge in [0.25, 0.3) is 0 Å². The minimum Gasteiger partial charge on any atom is -0.486 e. The quantitative estimate of drug-likeness (QED) is 0.105. The molecule has 280 valence electrons. The lowest BCUT2D eigenvalue weighted by Gasteiger charge is -2.25. The highest BCUT2D eigenvalue weighted by Crippen LogP contribution is 2.41. The van der Waals surface area contributed by atoms with Crippen molar-refractivity contribution < 1.29 is 90.5 Å². The molecule has 0 aliphatic carbocycles. The predicted molar refractivity (Wildman–Crippen MR) is 160 cm³/mol. The highest BCUT2D eigenvalue weighted by Gasteiger charge is 2.40. The Morgan fingerprint density at radius 2 is 1.22 bits per heavy atom. The normalized spacial score (nSPS) is 17.1. The number of rotatable bonds is 18. The molecule has 2 aliphatic rings. The Kier molecular flexibility index (Phi) is 15.2. The average Bonchev–Trinajstić information content (AvgIpc) is 3.70. The number of nitrogens with one attached hydrogen (secondary N) is 1. The fraction of sp³-hybridized carbons (Fsp3) is 0.533. The van der Waals surface area contributed by atoms with E-state index in [0.29, 0.717) is 5.56 Å². The third-order valence-corrected chi connectivity index (χ3v) is 6.49. The molecule has 2 heterocycles. The Morgan fingerprint density at radius 3 is 1.75 bits per heavy atom. The van der Waals surface area contributed by atoms with Crippen LogP contribution >= 0.6 is 0 Å². The van der Waals surface area contributed by atoms with E-state index < -0.39 is 113 Å². The highest BCUT2D eigenvalue weighted by atomic mass is 16.7. The van der Waals surface area contributed by atoms with Gasteiger partial charge in [0, 0.05) is 52.3 Å². The summed E-state index contributed by atoms with van der Waals surface area (Å²) in [5, 5.41) is 3.00. The van der Waals surface area contributed by atoms with Crippen LogP contribution in [0.3, 0.4) is 0 Å². The van der Waals surface area contributed by atoms with E-state index in [1.54, 1.807) is 0 Å². The molecule has 1 N–H and O–H groups in total. The second-order valence-corrected chi connectivity index (χ2v) is 10.4. The third-order valence-electron chi connectivity index (χ3n) is 6.49. The van der Waals surface area contributed by atoms with Gasteiger partial charge in [0.15, 0.2) is 12.7 Å². The number of nitrogens with zero attached hydrogens (tertiary/aromatic N) is 1. The molecule has 21 nitrogen and oxygen atoms in total. The summed E-state index contributed by atoms with van der Waals surface area (Å²) in [6, 6.07) is 2.86. The van der Waals surface area contributed by atoms with Gasteiger partial charge in [0.1, 0.15) is 36.9 Å². The first-order chi connectivity index (χ1) is 24.2. The number of benzene rings is 1.